The molecule has 0 bridgehead atoms. The smallest absolute Gasteiger partial charge is 0.222 e. The molecule has 1 unspecified atom stereocenters. The summed E-state index contributed by atoms with van der Waals surface area (Å²) in [5.41, 5.74) is 0. The standard InChI is InChI=1S/C7H12N2O2/c1-9-4-6(8-5-10)2-3-7(9)11/h5-6H,2-4H2,1H3,(H,8,10). The molecule has 1 N–H and O–H groups in total. The second-order valence-electron chi connectivity index (χ2n) is 2.79. The van der Waals surface area contributed by atoms with Crippen molar-refractivity contribution in [1.29, 1.82) is 0 Å². The van der Waals surface area contributed by atoms with Gasteiger partial charge in [-0.25, -0.2) is 0 Å². The first-order valence-electron chi connectivity index (χ1n) is 3.67. The SMILES string of the molecule is CN1CC(NC=O)CCC1=O. The van der Waals surface area contributed by atoms with Gasteiger partial charge in [0.05, 0.1) is 0 Å². The van der Waals surface area contributed by atoms with Gasteiger partial charge >= 0.3 is 0 Å². The average molecular weight is 156 g/mol. The van der Waals surface area contributed by atoms with Gasteiger partial charge in [-0.2, -0.15) is 0 Å². The first-order valence-corrected chi connectivity index (χ1v) is 3.67. The van der Waals surface area contributed by atoms with Crippen LogP contribution in [0.3, 0.4) is 0 Å². The summed E-state index contributed by atoms with van der Waals surface area (Å²) in [5, 5.41) is 2.66. The maximum absolute atomic E-state index is 11.0. The summed E-state index contributed by atoms with van der Waals surface area (Å²) >= 11 is 0. The number of carbonyl (C=O) groups excluding carboxylic acids is 2. The van der Waals surface area contributed by atoms with Crippen molar-refractivity contribution in [3.05, 3.63) is 0 Å². The molecule has 11 heavy (non-hydrogen) atoms. The summed E-state index contributed by atoms with van der Waals surface area (Å²) in [6.45, 7) is 0.636. The minimum Gasteiger partial charge on any atom is -0.354 e. The molecular formula is C7H12N2O2. The Balaban J connectivity index is 2.39. The van der Waals surface area contributed by atoms with Crippen LogP contribution in [0.5, 0.6) is 0 Å². The average Bonchev–Trinajstić information content (AvgIpc) is 1.98. The molecule has 0 saturated carbocycles. The molecule has 1 fully saturated rings. The van der Waals surface area contributed by atoms with Crippen LogP contribution in [0.1, 0.15) is 12.8 Å². The molecule has 1 aliphatic rings. The first-order chi connectivity index (χ1) is 5.24. The van der Waals surface area contributed by atoms with Gasteiger partial charge in [-0.05, 0) is 6.42 Å². The lowest BCUT2D eigenvalue weighted by Gasteiger charge is -2.28. The number of carbonyl (C=O) groups is 2. The number of hydrogen-bond acceptors (Lipinski definition) is 2. The van der Waals surface area contributed by atoms with Gasteiger partial charge in [0.2, 0.25) is 12.3 Å². The topological polar surface area (TPSA) is 49.4 Å². The molecule has 1 atom stereocenters. The lowest BCUT2D eigenvalue weighted by Crippen LogP contribution is -2.46. The molecule has 0 radical (unpaired) electrons. The highest BCUT2D eigenvalue weighted by Gasteiger charge is 2.21. The monoisotopic (exact) mass is 156 g/mol. The van der Waals surface area contributed by atoms with Crippen molar-refractivity contribution < 1.29 is 9.59 Å². The van der Waals surface area contributed by atoms with E-state index in [0.717, 1.165) is 6.42 Å². The van der Waals surface area contributed by atoms with Crippen LogP contribution in [-0.2, 0) is 9.59 Å². The van der Waals surface area contributed by atoms with Crippen LogP contribution in [0.4, 0.5) is 0 Å². The van der Waals surface area contributed by atoms with Crippen LogP contribution in [0.25, 0.3) is 0 Å². The highest BCUT2D eigenvalue weighted by molar-refractivity contribution is 5.76. The molecular weight excluding hydrogens is 144 g/mol. The third kappa shape index (κ3) is 1.93. The van der Waals surface area contributed by atoms with Crippen molar-refractivity contribution in [3.8, 4) is 0 Å². The lowest BCUT2D eigenvalue weighted by atomic mass is 10.1. The van der Waals surface area contributed by atoms with Crippen LogP contribution < -0.4 is 5.32 Å². The Hall–Kier alpha value is -1.06. The van der Waals surface area contributed by atoms with Crippen LogP contribution in [0.2, 0.25) is 0 Å². The highest BCUT2D eigenvalue weighted by Crippen LogP contribution is 2.08. The first kappa shape index (κ1) is 8.04. The number of nitrogens with zero attached hydrogens (tertiary/aromatic N) is 1. The summed E-state index contributed by atoms with van der Waals surface area (Å²) in [5.74, 6) is 0.161. The summed E-state index contributed by atoms with van der Waals surface area (Å²) < 4.78 is 0. The van der Waals surface area contributed by atoms with Crippen LogP contribution in [-0.4, -0.2) is 36.9 Å². The fourth-order valence-electron chi connectivity index (χ4n) is 1.24. The second-order valence-corrected chi connectivity index (χ2v) is 2.79. The van der Waals surface area contributed by atoms with Crippen molar-refractivity contribution in [2.24, 2.45) is 0 Å². The maximum Gasteiger partial charge on any atom is 0.222 e. The molecule has 2 amide bonds. The molecule has 0 aromatic heterocycles. The van der Waals surface area contributed by atoms with Crippen LogP contribution in [0.15, 0.2) is 0 Å². The minimum absolute atomic E-state index is 0.148. The van der Waals surface area contributed by atoms with E-state index < -0.39 is 0 Å². The molecule has 4 nitrogen and oxygen atoms in total. The van der Waals surface area contributed by atoms with Gasteiger partial charge < -0.3 is 10.2 Å². The lowest BCUT2D eigenvalue weighted by molar-refractivity contribution is -0.133. The normalized spacial score (nSPS) is 25.0. The number of amides is 2. The molecule has 1 heterocycles. The molecule has 4 heteroatoms. The predicted octanol–water partition coefficient (Wildman–Crippen LogP) is -0.647. The van der Waals surface area contributed by atoms with E-state index in [0.29, 0.717) is 19.4 Å². The van der Waals surface area contributed by atoms with Gasteiger partial charge in [-0.1, -0.05) is 0 Å². The largest absolute Gasteiger partial charge is 0.354 e. The third-order valence-corrected chi connectivity index (χ3v) is 1.93. The predicted molar refractivity (Wildman–Crippen MR) is 39.9 cm³/mol. The molecule has 1 saturated heterocycles. The Bertz CT molecular complexity index is 170. The van der Waals surface area contributed by atoms with Crippen molar-refractivity contribution >= 4 is 12.3 Å². The number of nitrogens with one attached hydrogen (secondary N) is 1. The van der Waals surface area contributed by atoms with Crippen molar-refractivity contribution in [1.82, 2.24) is 10.2 Å². The second kappa shape index (κ2) is 3.37. The van der Waals surface area contributed by atoms with E-state index in [1.54, 1.807) is 11.9 Å². The molecule has 62 valence electrons. The van der Waals surface area contributed by atoms with Gasteiger partial charge in [0.25, 0.3) is 0 Å². The molecule has 1 rings (SSSR count). The Labute approximate surface area is 65.6 Å². The van der Waals surface area contributed by atoms with E-state index in [1.807, 2.05) is 0 Å². The van der Waals surface area contributed by atoms with Crippen LogP contribution >= 0.6 is 0 Å². The van der Waals surface area contributed by atoms with Gasteiger partial charge in [-0.15, -0.1) is 0 Å². The van der Waals surface area contributed by atoms with Crippen LogP contribution in [0, 0.1) is 0 Å². The van der Waals surface area contributed by atoms with E-state index in [-0.39, 0.29) is 11.9 Å². The molecule has 1 aliphatic heterocycles. The highest BCUT2D eigenvalue weighted by atomic mass is 16.2. The molecule has 0 aromatic carbocycles. The number of rotatable bonds is 2. The van der Waals surface area contributed by atoms with Crippen molar-refractivity contribution in [2.45, 2.75) is 18.9 Å². The van der Waals surface area contributed by atoms with E-state index in [4.69, 9.17) is 0 Å². The number of likely N-dealkylation sites (tertiary alicyclic amines) is 1. The Kier molecular flexibility index (Phi) is 2.46. The van der Waals surface area contributed by atoms with E-state index in [9.17, 15) is 9.59 Å². The Morgan fingerprint density at radius 2 is 2.45 bits per heavy atom. The fourth-order valence-corrected chi connectivity index (χ4v) is 1.24. The van der Waals surface area contributed by atoms with Gasteiger partial charge in [0.1, 0.15) is 0 Å². The zero-order chi connectivity index (χ0) is 8.27. The minimum atomic E-state index is 0.148. The summed E-state index contributed by atoms with van der Waals surface area (Å²) in [7, 11) is 1.75. The molecule has 0 spiro atoms. The molecule has 0 aromatic rings. The zero-order valence-electron chi connectivity index (χ0n) is 6.54. The Morgan fingerprint density at radius 1 is 1.73 bits per heavy atom. The van der Waals surface area contributed by atoms with Crippen molar-refractivity contribution in [3.63, 3.8) is 0 Å². The fraction of sp³-hybridized carbons (Fsp3) is 0.714. The Morgan fingerprint density at radius 3 is 3.00 bits per heavy atom. The van der Waals surface area contributed by atoms with E-state index >= 15 is 0 Å². The van der Waals surface area contributed by atoms with Gasteiger partial charge in [0, 0.05) is 26.1 Å². The summed E-state index contributed by atoms with van der Waals surface area (Å²) in [6, 6.07) is 0.148. The summed E-state index contributed by atoms with van der Waals surface area (Å²) in [6.07, 6.45) is 2.00. The number of piperidine rings is 1. The number of hydrogen-bond donors (Lipinski definition) is 1. The van der Waals surface area contributed by atoms with Gasteiger partial charge in [0.15, 0.2) is 0 Å². The van der Waals surface area contributed by atoms with Gasteiger partial charge in [-0.3, -0.25) is 9.59 Å². The number of likely N-dealkylation sites (N-methyl/N-ethyl adjacent to an activating group) is 1. The van der Waals surface area contributed by atoms with Crippen molar-refractivity contribution in [2.75, 3.05) is 13.6 Å². The summed E-state index contributed by atoms with van der Waals surface area (Å²) in [4.78, 5) is 22.6. The van der Waals surface area contributed by atoms with E-state index in [2.05, 4.69) is 5.32 Å². The zero-order valence-corrected chi connectivity index (χ0v) is 6.54. The quantitative estimate of drug-likeness (QED) is 0.540. The van der Waals surface area contributed by atoms with E-state index in [1.165, 1.54) is 0 Å². The molecule has 0 aliphatic carbocycles. The third-order valence-electron chi connectivity index (χ3n) is 1.93. The maximum atomic E-state index is 11.0.